The first-order valence-corrected chi connectivity index (χ1v) is 8.95. The predicted molar refractivity (Wildman–Crippen MR) is 104 cm³/mol. The minimum atomic E-state index is 0.666. The van der Waals surface area contributed by atoms with Crippen LogP contribution < -0.4 is 4.57 Å². The number of fused-ring (bicyclic) bond motifs is 2. The van der Waals surface area contributed by atoms with E-state index >= 15 is 0 Å². The number of para-hydroxylation sites is 1. The molecule has 0 saturated carbocycles. The monoisotopic (exact) mass is 355 g/mol. The summed E-state index contributed by atoms with van der Waals surface area (Å²) in [6.07, 6.45) is 1.97. The van der Waals surface area contributed by atoms with Crippen LogP contribution in [-0.4, -0.2) is 14.6 Å². The molecule has 0 bridgehead atoms. The Morgan fingerprint density at radius 2 is 1.74 bits per heavy atom. The lowest BCUT2D eigenvalue weighted by molar-refractivity contribution is -0.557. The minimum absolute atomic E-state index is 0.666. The molecule has 2 aromatic carbocycles. The quantitative estimate of drug-likeness (QED) is 0.443. The van der Waals surface area contributed by atoms with Gasteiger partial charge in [-0.3, -0.25) is 0 Å². The molecule has 5 nitrogen and oxygen atoms in total. The van der Waals surface area contributed by atoms with Crippen LogP contribution in [0.25, 0.3) is 33.8 Å². The minimum Gasteiger partial charge on any atom is -0.441 e. The molecule has 0 aliphatic rings. The highest BCUT2D eigenvalue weighted by Crippen LogP contribution is 2.25. The second-order valence-corrected chi connectivity index (χ2v) is 6.82. The van der Waals surface area contributed by atoms with Crippen molar-refractivity contribution in [2.75, 3.05) is 0 Å². The van der Waals surface area contributed by atoms with Crippen molar-refractivity contribution in [2.24, 2.45) is 0 Å². The zero-order chi connectivity index (χ0) is 18.5. The topological polar surface area (TPSA) is 47.2 Å². The summed E-state index contributed by atoms with van der Waals surface area (Å²) in [7, 11) is 0. The van der Waals surface area contributed by atoms with Crippen LogP contribution in [0.3, 0.4) is 0 Å². The van der Waals surface area contributed by atoms with Gasteiger partial charge < -0.3 is 4.42 Å². The maximum atomic E-state index is 5.63. The van der Waals surface area contributed by atoms with Crippen molar-refractivity contribution in [2.45, 2.75) is 20.8 Å². The van der Waals surface area contributed by atoms with E-state index in [9.17, 15) is 0 Å². The molecule has 0 saturated heterocycles. The second-order valence-electron chi connectivity index (χ2n) is 6.82. The molecule has 0 radical (unpaired) electrons. The van der Waals surface area contributed by atoms with E-state index in [1.165, 1.54) is 11.1 Å². The van der Waals surface area contributed by atoms with Gasteiger partial charge in [-0.1, -0.05) is 28.8 Å². The number of rotatable bonds is 2. The summed E-state index contributed by atoms with van der Waals surface area (Å²) < 4.78 is 9.76. The molecule has 5 heteroatoms. The molecule has 0 unspecified atom stereocenters. The van der Waals surface area contributed by atoms with E-state index in [1.54, 1.807) is 0 Å². The molecule has 5 rings (SSSR count). The van der Waals surface area contributed by atoms with E-state index in [0.717, 1.165) is 33.8 Å². The lowest BCUT2D eigenvalue weighted by atomic mass is 10.1. The third-order valence-electron chi connectivity index (χ3n) is 4.88. The maximum Gasteiger partial charge on any atom is 0.314 e. The highest BCUT2D eigenvalue weighted by molar-refractivity contribution is 5.78. The van der Waals surface area contributed by atoms with E-state index in [-0.39, 0.29) is 0 Å². The molecule has 3 heterocycles. The Morgan fingerprint density at radius 1 is 0.926 bits per heavy atom. The first-order chi connectivity index (χ1) is 13.1. The Bertz CT molecular complexity index is 1290. The fourth-order valence-corrected chi connectivity index (χ4v) is 3.69. The second kappa shape index (κ2) is 5.77. The zero-order valence-electron chi connectivity index (χ0n) is 15.5. The Balaban J connectivity index is 1.86. The van der Waals surface area contributed by atoms with Gasteiger partial charge >= 0.3 is 5.82 Å². The van der Waals surface area contributed by atoms with Crippen LogP contribution in [-0.2, 0) is 0 Å². The number of aromatic nitrogens is 4. The molecule has 0 N–H and O–H groups in total. The molecule has 0 aliphatic carbocycles. The average molecular weight is 355 g/mol. The Labute approximate surface area is 156 Å². The average Bonchev–Trinajstić information content (AvgIpc) is 3.21. The van der Waals surface area contributed by atoms with Gasteiger partial charge in [0.05, 0.1) is 10.7 Å². The van der Waals surface area contributed by atoms with E-state index in [2.05, 4.69) is 47.7 Å². The van der Waals surface area contributed by atoms with Crippen molar-refractivity contribution in [3.8, 4) is 17.1 Å². The predicted octanol–water partition coefficient (Wildman–Crippen LogP) is 4.34. The number of hydrogen-bond donors (Lipinski definition) is 0. The summed E-state index contributed by atoms with van der Waals surface area (Å²) in [4.78, 5) is 4.48. The van der Waals surface area contributed by atoms with E-state index < -0.39 is 0 Å². The molecule has 0 aliphatic heterocycles. The van der Waals surface area contributed by atoms with Crippen molar-refractivity contribution in [1.82, 2.24) is 14.6 Å². The van der Waals surface area contributed by atoms with Gasteiger partial charge in [-0.2, -0.15) is 4.57 Å². The van der Waals surface area contributed by atoms with Gasteiger partial charge in [0.2, 0.25) is 0 Å². The van der Waals surface area contributed by atoms with Crippen LogP contribution in [0.4, 0.5) is 0 Å². The van der Waals surface area contributed by atoms with Gasteiger partial charge in [-0.25, -0.2) is 4.98 Å². The Kier molecular flexibility index (Phi) is 3.37. The van der Waals surface area contributed by atoms with Crippen LogP contribution in [0.5, 0.6) is 0 Å². The van der Waals surface area contributed by atoms with Gasteiger partial charge in [0.25, 0.3) is 5.65 Å². The van der Waals surface area contributed by atoms with Crippen LogP contribution >= 0.6 is 0 Å². The maximum absolute atomic E-state index is 5.63. The number of hydrogen-bond acceptors (Lipinski definition) is 3. The zero-order valence-corrected chi connectivity index (χ0v) is 15.5. The van der Waals surface area contributed by atoms with Crippen LogP contribution in [0.1, 0.15) is 17.0 Å². The fraction of sp³-hybridized carbons (Fsp3) is 0.136. The number of benzene rings is 2. The number of aryl methyl sites for hydroxylation is 3. The Hall–Kier alpha value is -3.47. The molecule has 132 valence electrons. The lowest BCUT2D eigenvalue weighted by Gasteiger charge is -2.08. The largest absolute Gasteiger partial charge is 0.441 e. The summed E-state index contributed by atoms with van der Waals surface area (Å²) in [5.74, 6) is 1.54. The molecule has 27 heavy (non-hydrogen) atoms. The lowest BCUT2D eigenvalue weighted by Crippen LogP contribution is -2.34. The van der Waals surface area contributed by atoms with Gasteiger partial charge in [0.1, 0.15) is 17.4 Å². The molecular weight excluding hydrogens is 336 g/mol. The van der Waals surface area contributed by atoms with Crippen molar-refractivity contribution < 1.29 is 8.98 Å². The standard InChI is InChI=1S/C22H19N4O/c1-14-7-6-8-15(2)21(14)26-20-9-4-5-12-25(20)24-22(26)17-10-11-19-18(13-17)23-16(3)27-19/h4-13H,1-3H3/q+1. The highest BCUT2D eigenvalue weighted by Gasteiger charge is 2.26. The summed E-state index contributed by atoms with van der Waals surface area (Å²) in [6.45, 7) is 6.13. The summed E-state index contributed by atoms with van der Waals surface area (Å²) in [5, 5.41) is 4.88. The number of oxazole rings is 1. The summed E-state index contributed by atoms with van der Waals surface area (Å²) in [5.41, 5.74) is 7.22. The van der Waals surface area contributed by atoms with Gasteiger partial charge in [0, 0.05) is 13.0 Å². The van der Waals surface area contributed by atoms with Crippen molar-refractivity contribution in [3.63, 3.8) is 0 Å². The first kappa shape index (κ1) is 15.8. The van der Waals surface area contributed by atoms with Gasteiger partial charge in [0.15, 0.2) is 11.5 Å². The Morgan fingerprint density at radius 3 is 2.56 bits per heavy atom. The third-order valence-corrected chi connectivity index (χ3v) is 4.88. The fourth-order valence-electron chi connectivity index (χ4n) is 3.69. The number of pyridine rings is 1. The summed E-state index contributed by atoms with van der Waals surface area (Å²) >= 11 is 0. The van der Waals surface area contributed by atoms with Crippen molar-refractivity contribution >= 4 is 16.7 Å². The summed E-state index contributed by atoms with van der Waals surface area (Å²) in [6, 6.07) is 18.5. The molecular formula is C22H19N4O+. The number of nitrogens with zero attached hydrogens (tertiary/aromatic N) is 4. The van der Waals surface area contributed by atoms with Crippen molar-refractivity contribution in [1.29, 1.82) is 0 Å². The molecule has 5 aromatic rings. The molecule has 0 fully saturated rings. The van der Waals surface area contributed by atoms with Crippen LogP contribution in [0.15, 0.2) is 65.2 Å². The van der Waals surface area contributed by atoms with Crippen LogP contribution in [0.2, 0.25) is 0 Å². The first-order valence-electron chi connectivity index (χ1n) is 8.95. The van der Waals surface area contributed by atoms with Gasteiger partial charge in [-0.05, 0) is 49.2 Å². The molecule has 0 spiro atoms. The smallest absolute Gasteiger partial charge is 0.314 e. The van der Waals surface area contributed by atoms with E-state index in [4.69, 9.17) is 9.52 Å². The molecule has 0 amide bonds. The third kappa shape index (κ3) is 2.43. The van der Waals surface area contributed by atoms with Crippen molar-refractivity contribution in [3.05, 3.63) is 77.8 Å². The molecule has 3 aromatic heterocycles. The van der Waals surface area contributed by atoms with Crippen LogP contribution in [0, 0.1) is 20.8 Å². The SMILES string of the molecule is Cc1nc2cc(-c3nn4ccccc4[n+]3-c3c(C)cccc3C)ccc2o1. The highest BCUT2D eigenvalue weighted by atomic mass is 16.3. The van der Waals surface area contributed by atoms with E-state index in [0.29, 0.717) is 5.89 Å². The normalized spacial score (nSPS) is 11.5. The molecule has 0 atom stereocenters. The van der Waals surface area contributed by atoms with E-state index in [1.807, 2.05) is 48.0 Å². The van der Waals surface area contributed by atoms with Gasteiger partial charge in [-0.15, -0.1) is 0 Å².